The lowest BCUT2D eigenvalue weighted by Gasteiger charge is -2.15. The molecule has 1 atom stereocenters. The van der Waals surface area contributed by atoms with Gasteiger partial charge >= 0.3 is 5.97 Å². The number of amides is 1. The quantitative estimate of drug-likeness (QED) is 0.757. The molecule has 2 rings (SSSR count). The van der Waals surface area contributed by atoms with Crippen molar-refractivity contribution in [1.82, 2.24) is 10.3 Å². The highest BCUT2D eigenvalue weighted by Gasteiger charge is 2.24. The van der Waals surface area contributed by atoms with Crippen LogP contribution in [0.2, 0.25) is 0 Å². The second-order valence-electron chi connectivity index (χ2n) is 5.54. The van der Waals surface area contributed by atoms with Crippen LogP contribution in [-0.2, 0) is 11.2 Å². The highest BCUT2D eigenvalue weighted by atomic mass is 79.9. The molecule has 1 amide bonds. The van der Waals surface area contributed by atoms with Gasteiger partial charge in [0.15, 0.2) is 0 Å². The van der Waals surface area contributed by atoms with Gasteiger partial charge in [0, 0.05) is 10.2 Å². The Morgan fingerprint density at radius 1 is 1.33 bits per heavy atom. The van der Waals surface area contributed by atoms with Gasteiger partial charge in [-0.1, -0.05) is 41.1 Å². The molecule has 0 bridgehead atoms. The minimum Gasteiger partial charge on any atom is -0.465 e. The molecule has 1 aromatic carbocycles. The minimum absolute atomic E-state index is 0.178. The van der Waals surface area contributed by atoms with Crippen molar-refractivity contribution >= 4 is 27.8 Å². The van der Waals surface area contributed by atoms with E-state index in [1.165, 1.54) is 7.11 Å². The lowest BCUT2D eigenvalue weighted by Crippen LogP contribution is -2.27. The monoisotopic (exact) mass is 392 g/mol. The van der Waals surface area contributed by atoms with Crippen LogP contribution in [0, 0.1) is 6.92 Å². The predicted molar refractivity (Wildman–Crippen MR) is 96.3 cm³/mol. The van der Waals surface area contributed by atoms with E-state index in [1.807, 2.05) is 38.1 Å². The number of carbonyl (C=O) groups excluding carboxylic acids is 2. The third kappa shape index (κ3) is 3.53. The van der Waals surface area contributed by atoms with Crippen molar-refractivity contribution in [1.29, 1.82) is 0 Å². The van der Waals surface area contributed by atoms with Gasteiger partial charge in [-0.2, -0.15) is 0 Å². The van der Waals surface area contributed by atoms with Crippen molar-refractivity contribution in [2.75, 3.05) is 7.11 Å². The summed E-state index contributed by atoms with van der Waals surface area (Å²) in [6.45, 7) is 5.58. The van der Waals surface area contributed by atoms with Crippen LogP contribution in [0.15, 0.2) is 28.7 Å². The first kappa shape index (κ1) is 18.3. The summed E-state index contributed by atoms with van der Waals surface area (Å²) < 4.78 is 5.76. The maximum atomic E-state index is 12.6. The Morgan fingerprint density at radius 3 is 2.58 bits per heavy atom. The van der Waals surface area contributed by atoms with Gasteiger partial charge in [-0.25, -0.2) is 4.79 Å². The standard InChI is InChI=1S/C18H21BrN2O3/c1-5-14-15(18(23)24-4)10(2)16(21-14)17(22)20-11(3)12-8-6-7-9-13(12)19/h6-9,11,21H,5H2,1-4H3,(H,20,22). The van der Waals surface area contributed by atoms with E-state index in [4.69, 9.17) is 4.74 Å². The first-order chi connectivity index (χ1) is 11.4. The summed E-state index contributed by atoms with van der Waals surface area (Å²) in [6, 6.07) is 7.55. The summed E-state index contributed by atoms with van der Waals surface area (Å²) in [7, 11) is 1.34. The van der Waals surface area contributed by atoms with Gasteiger partial charge in [-0.15, -0.1) is 0 Å². The number of benzene rings is 1. The van der Waals surface area contributed by atoms with Gasteiger partial charge < -0.3 is 15.0 Å². The fourth-order valence-corrected chi connectivity index (χ4v) is 3.33. The van der Waals surface area contributed by atoms with E-state index < -0.39 is 5.97 Å². The molecule has 6 heteroatoms. The zero-order chi connectivity index (χ0) is 17.9. The highest BCUT2D eigenvalue weighted by Crippen LogP contribution is 2.24. The van der Waals surface area contributed by atoms with Crippen molar-refractivity contribution in [3.63, 3.8) is 0 Å². The maximum absolute atomic E-state index is 12.6. The molecule has 0 spiro atoms. The summed E-state index contributed by atoms with van der Waals surface area (Å²) in [5.74, 6) is -0.681. The normalized spacial score (nSPS) is 11.9. The zero-order valence-electron chi connectivity index (χ0n) is 14.2. The molecule has 2 aromatic rings. The third-order valence-electron chi connectivity index (χ3n) is 4.02. The number of hydrogen-bond donors (Lipinski definition) is 2. The average Bonchev–Trinajstić information content (AvgIpc) is 2.91. The van der Waals surface area contributed by atoms with Crippen molar-refractivity contribution in [2.24, 2.45) is 0 Å². The summed E-state index contributed by atoms with van der Waals surface area (Å²) >= 11 is 3.49. The second-order valence-corrected chi connectivity index (χ2v) is 6.39. The number of nitrogens with one attached hydrogen (secondary N) is 2. The number of methoxy groups -OCH3 is 1. The highest BCUT2D eigenvalue weighted by molar-refractivity contribution is 9.10. The fraction of sp³-hybridized carbons (Fsp3) is 0.333. The number of aryl methyl sites for hydroxylation is 1. The number of rotatable bonds is 5. The van der Waals surface area contributed by atoms with E-state index in [0.717, 1.165) is 10.0 Å². The number of carbonyl (C=O) groups is 2. The Hall–Kier alpha value is -2.08. The van der Waals surface area contributed by atoms with Gasteiger partial charge in [0.2, 0.25) is 0 Å². The number of H-pyrrole nitrogens is 1. The van der Waals surface area contributed by atoms with Crippen molar-refractivity contribution in [3.8, 4) is 0 Å². The molecule has 0 aliphatic carbocycles. The van der Waals surface area contributed by atoms with Gasteiger partial charge in [0.05, 0.1) is 18.7 Å². The van der Waals surface area contributed by atoms with E-state index in [2.05, 4.69) is 26.2 Å². The first-order valence-corrected chi connectivity index (χ1v) is 8.55. The predicted octanol–water partition coefficient (Wildman–Crippen LogP) is 3.93. The Kier molecular flexibility index (Phi) is 5.83. The lowest BCUT2D eigenvalue weighted by atomic mass is 10.1. The fourth-order valence-electron chi connectivity index (χ4n) is 2.70. The number of halogens is 1. The molecule has 0 radical (unpaired) electrons. The number of esters is 1. The van der Waals surface area contributed by atoms with Crippen LogP contribution in [0.25, 0.3) is 0 Å². The topological polar surface area (TPSA) is 71.2 Å². The van der Waals surface area contributed by atoms with Crippen LogP contribution in [0.3, 0.4) is 0 Å². The van der Waals surface area contributed by atoms with Gasteiger partial charge in [-0.3, -0.25) is 4.79 Å². The smallest absolute Gasteiger partial charge is 0.339 e. The zero-order valence-corrected chi connectivity index (χ0v) is 15.8. The van der Waals surface area contributed by atoms with Crippen LogP contribution in [0.1, 0.15) is 57.6 Å². The number of aromatic amines is 1. The molecule has 1 unspecified atom stereocenters. The number of aromatic nitrogens is 1. The Balaban J connectivity index is 2.29. The van der Waals surface area contributed by atoms with E-state index in [9.17, 15) is 9.59 Å². The Morgan fingerprint density at radius 2 is 2.00 bits per heavy atom. The molecule has 1 aromatic heterocycles. The molecule has 1 heterocycles. The lowest BCUT2D eigenvalue weighted by molar-refractivity contribution is 0.0599. The number of ether oxygens (including phenoxy) is 1. The van der Waals surface area contributed by atoms with E-state index in [1.54, 1.807) is 6.92 Å². The molecular weight excluding hydrogens is 372 g/mol. The summed E-state index contributed by atoms with van der Waals surface area (Å²) in [5, 5.41) is 2.96. The first-order valence-electron chi connectivity index (χ1n) is 7.75. The molecule has 0 aliphatic rings. The van der Waals surface area contributed by atoms with Crippen LogP contribution >= 0.6 is 15.9 Å². The minimum atomic E-state index is -0.432. The van der Waals surface area contributed by atoms with Gasteiger partial charge in [0.1, 0.15) is 5.69 Å². The SMILES string of the molecule is CCc1[nH]c(C(=O)NC(C)c2ccccc2Br)c(C)c1C(=O)OC. The molecule has 2 N–H and O–H groups in total. The molecule has 0 saturated heterocycles. The number of hydrogen-bond acceptors (Lipinski definition) is 3. The average molecular weight is 393 g/mol. The Labute approximate surface area is 149 Å². The van der Waals surface area contributed by atoms with Gasteiger partial charge in [0.25, 0.3) is 5.91 Å². The second kappa shape index (κ2) is 7.66. The maximum Gasteiger partial charge on any atom is 0.339 e. The van der Waals surface area contributed by atoms with Crippen LogP contribution in [-0.4, -0.2) is 24.0 Å². The van der Waals surface area contributed by atoms with Crippen LogP contribution < -0.4 is 5.32 Å². The van der Waals surface area contributed by atoms with E-state index >= 15 is 0 Å². The summed E-state index contributed by atoms with van der Waals surface area (Å²) in [4.78, 5) is 27.7. The molecular formula is C18H21BrN2O3. The van der Waals surface area contributed by atoms with Crippen LogP contribution in [0.5, 0.6) is 0 Å². The summed E-state index contributed by atoms with van der Waals surface area (Å²) in [6.07, 6.45) is 0.609. The molecule has 0 fully saturated rings. The van der Waals surface area contributed by atoms with E-state index in [0.29, 0.717) is 28.9 Å². The molecule has 128 valence electrons. The Bertz CT molecular complexity index is 768. The van der Waals surface area contributed by atoms with Crippen molar-refractivity contribution in [2.45, 2.75) is 33.2 Å². The van der Waals surface area contributed by atoms with Crippen molar-refractivity contribution in [3.05, 3.63) is 56.8 Å². The third-order valence-corrected chi connectivity index (χ3v) is 4.74. The molecule has 0 aliphatic heterocycles. The van der Waals surface area contributed by atoms with Crippen molar-refractivity contribution < 1.29 is 14.3 Å². The van der Waals surface area contributed by atoms with Crippen LogP contribution in [0.4, 0.5) is 0 Å². The molecule has 0 saturated carbocycles. The summed E-state index contributed by atoms with van der Waals surface area (Å²) in [5.41, 5.74) is 3.14. The van der Waals surface area contributed by atoms with E-state index in [-0.39, 0.29) is 11.9 Å². The molecule has 5 nitrogen and oxygen atoms in total. The van der Waals surface area contributed by atoms with Gasteiger partial charge in [-0.05, 0) is 37.5 Å². The molecule has 24 heavy (non-hydrogen) atoms. The largest absolute Gasteiger partial charge is 0.465 e.